The molecule has 30 heavy (non-hydrogen) atoms. The number of rotatable bonds is 4. The summed E-state index contributed by atoms with van der Waals surface area (Å²) in [6.45, 7) is 3.65. The maximum absolute atomic E-state index is 13.2. The fourth-order valence-electron chi connectivity index (χ4n) is 4.18. The molecular weight excluding hydrogens is 382 g/mol. The molecule has 1 saturated heterocycles. The van der Waals surface area contributed by atoms with Gasteiger partial charge < -0.3 is 14.8 Å². The highest BCUT2D eigenvalue weighted by atomic mass is 16.7. The first kappa shape index (κ1) is 18.7. The number of imide groups is 1. The molecule has 0 aromatic heterocycles. The number of carbonyl (C=O) groups is 2. The average molecular weight is 405 g/mol. The second kappa shape index (κ2) is 7.18. The zero-order valence-corrected chi connectivity index (χ0v) is 16.8. The van der Waals surface area contributed by atoms with Gasteiger partial charge in [0.25, 0.3) is 5.91 Å². The van der Waals surface area contributed by atoms with E-state index in [1.54, 1.807) is 25.1 Å². The third-order valence-corrected chi connectivity index (χ3v) is 6.00. The second-order valence-electron chi connectivity index (χ2n) is 7.92. The summed E-state index contributed by atoms with van der Waals surface area (Å²) in [5.74, 6) is 0.971. The Bertz CT molecular complexity index is 1040. The minimum absolute atomic E-state index is 0.162. The van der Waals surface area contributed by atoms with E-state index in [-0.39, 0.29) is 25.4 Å². The molecule has 3 heterocycles. The zero-order chi connectivity index (χ0) is 20.7. The summed E-state index contributed by atoms with van der Waals surface area (Å²) in [4.78, 5) is 29.3. The van der Waals surface area contributed by atoms with Crippen LogP contribution >= 0.6 is 0 Å². The highest BCUT2D eigenvalue weighted by Gasteiger charge is 2.49. The Morgan fingerprint density at radius 2 is 1.87 bits per heavy atom. The summed E-state index contributed by atoms with van der Waals surface area (Å²) < 4.78 is 10.8. The molecule has 3 amide bonds. The van der Waals surface area contributed by atoms with Crippen molar-refractivity contribution in [2.45, 2.75) is 18.9 Å². The molecule has 0 bridgehead atoms. The predicted molar refractivity (Wildman–Crippen MR) is 111 cm³/mol. The number of carbonyl (C=O) groups excluding carboxylic acids is 2. The van der Waals surface area contributed by atoms with E-state index in [1.165, 1.54) is 16.0 Å². The minimum atomic E-state index is -1.13. The van der Waals surface area contributed by atoms with Crippen molar-refractivity contribution in [2.24, 2.45) is 0 Å². The number of ether oxygens (including phenoxy) is 2. The van der Waals surface area contributed by atoms with Crippen LogP contribution in [0.15, 0.2) is 54.6 Å². The van der Waals surface area contributed by atoms with E-state index in [9.17, 15) is 9.59 Å². The SMILES string of the molecule is C[C@]1(c2ccc3c(c2)OCO3)NC(=O)N(CN2CC=C(c3ccccc3)CC2)C1=O. The molecular formula is C23H23N3O4. The molecule has 5 rings (SSSR count). The maximum atomic E-state index is 13.2. The lowest BCUT2D eigenvalue weighted by Crippen LogP contribution is -2.44. The summed E-state index contributed by atoms with van der Waals surface area (Å²) >= 11 is 0. The number of hydrogen-bond donors (Lipinski definition) is 1. The normalized spacial score (nSPS) is 23.5. The van der Waals surface area contributed by atoms with Gasteiger partial charge in [0.2, 0.25) is 6.79 Å². The molecule has 1 N–H and O–H groups in total. The van der Waals surface area contributed by atoms with Crippen molar-refractivity contribution in [3.05, 3.63) is 65.7 Å². The number of amides is 3. The summed E-state index contributed by atoms with van der Waals surface area (Å²) in [7, 11) is 0. The van der Waals surface area contributed by atoms with Gasteiger partial charge in [-0.05, 0) is 42.2 Å². The molecule has 0 saturated carbocycles. The van der Waals surface area contributed by atoms with E-state index >= 15 is 0 Å². The Morgan fingerprint density at radius 3 is 2.63 bits per heavy atom. The van der Waals surface area contributed by atoms with Crippen molar-refractivity contribution in [2.75, 3.05) is 26.6 Å². The monoisotopic (exact) mass is 405 g/mol. The van der Waals surface area contributed by atoms with Crippen molar-refractivity contribution in [1.82, 2.24) is 15.1 Å². The Morgan fingerprint density at radius 1 is 1.07 bits per heavy atom. The van der Waals surface area contributed by atoms with E-state index in [1.807, 2.05) is 18.2 Å². The summed E-state index contributed by atoms with van der Waals surface area (Å²) in [5, 5.41) is 2.86. The number of hydrogen-bond acceptors (Lipinski definition) is 5. The molecule has 7 heteroatoms. The third-order valence-electron chi connectivity index (χ3n) is 6.00. The van der Waals surface area contributed by atoms with Gasteiger partial charge in [0.15, 0.2) is 11.5 Å². The van der Waals surface area contributed by atoms with Crippen molar-refractivity contribution in [1.29, 1.82) is 0 Å². The fraction of sp³-hybridized carbons (Fsp3) is 0.304. The van der Waals surface area contributed by atoms with Crippen LogP contribution in [0.2, 0.25) is 0 Å². The van der Waals surface area contributed by atoms with E-state index in [0.717, 1.165) is 13.0 Å². The molecule has 0 unspecified atom stereocenters. The minimum Gasteiger partial charge on any atom is -0.454 e. The predicted octanol–water partition coefficient (Wildman–Crippen LogP) is 2.93. The highest BCUT2D eigenvalue weighted by Crippen LogP contribution is 2.38. The first-order valence-electron chi connectivity index (χ1n) is 10.1. The lowest BCUT2D eigenvalue weighted by Gasteiger charge is -2.29. The summed E-state index contributed by atoms with van der Waals surface area (Å²) in [6.07, 6.45) is 3.06. The molecule has 0 aliphatic carbocycles. The van der Waals surface area contributed by atoms with Gasteiger partial charge in [-0.3, -0.25) is 9.69 Å². The quantitative estimate of drug-likeness (QED) is 0.792. The fourth-order valence-corrected chi connectivity index (χ4v) is 4.18. The van der Waals surface area contributed by atoms with Crippen LogP contribution in [0, 0.1) is 0 Å². The van der Waals surface area contributed by atoms with Crippen LogP contribution in [-0.4, -0.2) is 48.3 Å². The topological polar surface area (TPSA) is 71.1 Å². The van der Waals surface area contributed by atoms with Crippen molar-refractivity contribution < 1.29 is 19.1 Å². The van der Waals surface area contributed by atoms with Crippen molar-refractivity contribution in [3.8, 4) is 11.5 Å². The first-order valence-corrected chi connectivity index (χ1v) is 10.1. The number of benzene rings is 2. The maximum Gasteiger partial charge on any atom is 0.326 e. The van der Waals surface area contributed by atoms with Crippen molar-refractivity contribution >= 4 is 17.5 Å². The molecule has 0 radical (unpaired) electrons. The first-order chi connectivity index (χ1) is 14.5. The van der Waals surface area contributed by atoms with Crippen LogP contribution < -0.4 is 14.8 Å². The molecule has 2 aromatic carbocycles. The molecule has 3 aliphatic heterocycles. The average Bonchev–Trinajstić information content (AvgIpc) is 3.33. The highest BCUT2D eigenvalue weighted by molar-refractivity contribution is 6.07. The number of nitrogens with zero attached hydrogens (tertiary/aromatic N) is 2. The van der Waals surface area contributed by atoms with Crippen LogP contribution in [0.1, 0.15) is 24.5 Å². The van der Waals surface area contributed by atoms with E-state index < -0.39 is 5.54 Å². The van der Waals surface area contributed by atoms with E-state index in [4.69, 9.17) is 9.47 Å². The van der Waals surface area contributed by atoms with Crippen LogP contribution in [0.25, 0.3) is 5.57 Å². The van der Waals surface area contributed by atoms with Crippen LogP contribution in [0.4, 0.5) is 4.79 Å². The molecule has 0 spiro atoms. The van der Waals surface area contributed by atoms with Crippen LogP contribution in [0.3, 0.4) is 0 Å². The van der Waals surface area contributed by atoms with Crippen molar-refractivity contribution in [3.63, 3.8) is 0 Å². The Balaban J connectivity index is 1.30. The standard InChI is InChI=1S/C23H23N3O4/c1-23(18-7-8-19-20(13-18)30-15-29-19)21(27)26(22(28)24-23)14-25-11-9-17(10-12-25)16-5-3-2-4-6-16/h2-9,13H,10-12,14-15H2,1H3,(H,24,28)/t23-/m1/s1. The molecule has 1 atom stereocenters. The summed E-state index contributed by atoms with van der Waals surface area (Å²) in [6, 6.07) is 15.2. The van der Waals surface area contributed by atoms with E-state index in [2.05, 4.69) is 28.4 Å². The second-order valence-corrected chi connectivity index (χ2v) is 7.92. The Labute approximate surface area is 174 Å². The lowest BCUT2D eigenvalue weighted by molar-refractivity contribution is -0.132. The number of urea groups is 1. The molecule has 2 aromatic rings. The molecule has 3 aliphatic rings. The largest absolute Gasteiger partial charge is 0.454 e. The smallest absolute Gasteiger partial charge is 0.326 e. The van der Waals surface area contributed by atoms with Gasteiger partial charge in [0.1, 0.15) is 5.54 Å². The van der Waals surface area contributed by atoms with Crippen LogP contribution in [-0.2, 0) is 10.3 Å². The van der Waals surface area contributed by atoms with Gasteiger partial charge in [0, 0.05) is 13.1 Å². The van der Waals surface area contributed by atoms with Crippen LogP contribution in [0.5, 0.6) is 11.5 Å². The zero-order valence-electron chi connectivity index (χ0n) is 16.8. The Hall–Kier alpha value is -3.32. The van der Waals surface area contributed by atoms with Gasteiger partial charge in [0.05, 0.1) is 6.67 Å². The molecule has 1 fully saturated rings. The van der Waals surface area contributed by atoms with Gasteiger partial charge in [-0.1, -0.05) is 42.5 Å². The number of fused-ring (bicyclic) bond motifs is 1. The van der Waals surface area contributed by atoms with Gasteiger partial charge >= 0.3 is 6.03 Å². The van der Waals surface area contributed by atoms with Gasteiger partial charge in [-0.2, -0.15) is 0 Å². The molecule has 7 nitrogen and oxygen atoms in total. The lowest BCUT2D eigenvalue weighted by atomic mass is 9.91. The van der Waals surface area contributed by atoms with Gasteiger partial charge in [-0.15, -0.1) is 0 Å². The van der Waals surface area contributed by atoms with E-state index in [0.29, 0.717) is 23.6 Å². The molecule has 154 valence electrons. The Kier molecular flexibility index (Phi) is 4.47. The number of nitrogens with one attached hydrogen (secondary N) is 1. The third kappa shape index (κ3) is 3.11. The van der Waals surface area contributed by atoms with Gasteiger partial charge in [-0.25, -0.2) is 9.69 Å². The summed E-state index contributed by atoms with van der Waals surface area (Å²) in [5.41, 5.74) is 2.08.